The molecule has 0 fully saturated rings. The van der Waals surface area contributed by atoms with Gasteiger partial charge in [0.15, 0.2) is 0 Å². The summed E-state index contributed by atoms with van der Waals surface area (Å²) in [5.74, 6) is 0.648. The summed E-state index contributed by atoms with van der Waals surface area (Å²) >= 11 is 3.41. The van der Waals surface area contributed by atoms with Crippen LogP contribution in [0, 0.1) is 0 Å². The maximum atomic E-state index is 9.72. The van der Waals surface area contributed by atoms with Crippen LogP contribution in [0.15, 0.2) is 47.1 Å². The first-order valence-corrected chi connectivity index (χ1v) is 6.70. The number of aliphatic hydroxyl groups excluding tert-OH is 1. The fraction of sp³-hybridized carbons (Fsp3) is 0.214. The minimum absolute atomic E-state index is 0.0461. The van der Waals surface area contributed by atoms with Gasteiger partial charge >= 0.3 is 0 Å². The largest absolute Gasteiger partial charge is 0.397 e. The molecule has 1 aromatic heterocycles. The van der Waals surface area contributed by atoms with Gasteiger partial charge in [-0.2, -0.15) is 0 Å². The van der Waals surface area contributed by atoms with Crippen molar-refractivity contribution in [3.8, 4) is 0 Å². The van der Waals surface area contributed by atoms with E-state index in [9.17, 15) is 5.11 Å². The molecule has 1 atom stereocenters. The van der Waals surface area contributed by atoms with Crippen molar-refractivity contribution < 1.29 is 5.11 Å². The number of nitrogens with two attached hydrogens (primary N) is 1. The van der Waals surface area contributed by atoms with Crippen LogP contribution in [-0.2, 0) is 5.54 Å². The van der Waals surface area contributed by atoms with Crippen molar-refractivity contribution >= 4 is 27.4 Å². The molecule has 0 radical (unpaired) electrons. The van der Waals surface area contributed by atoms with Gasteiger partial charge in [-0.05, 0) is 34.5 Å². The zero-order chi connectivity index (χ0) is 13.9. The molecule has 0 bridgehead atoms. The number of benzene rings is 1. The van der Waals surface area contributed by atoms with Gasteiger partial charge in [-0.15, -0.1) is 0 Å². The first-order chi connectivity index (χ1) is 9.05. The Bertz CT molecular complexity index is 562. The van der Waals surface area contributed by atoms with Crippen LogP contribution in [0.3, 0.4) is 0 Å². The molecular formula is C14H16BrN3O. The minimum Gasteiger partial charge on any atom is -0.397 e. The summed E-state index contributed by atoms with van der Waals surface area (Å²) in [6.07, 6.45) is 1.58. The molecule has 2 rings (SSSR count). The van der Waals surface area contributed by atoms with Crippen molar-refractivity contribution in [2.24, 2.45) is 0 Å². The predicted octanol–water partition coefficient (Wildman–Crippen LogP) is 2.75. The third-order valence-corrected chi connectivity index (χ3v) is 3.59. The van der Waals surface area contributed by atoms with Gasteiger partial charge in [-0.3, -0.25) is 0 Å². The normalized spacial score (nSPS) is 13.8. The number of nitrogens with one attached hydrogen (secondary N) is 1. The molecule has 5 heteroatoms. The lowest BCUT2D eigenvalue weighted by atomic mass is 9.93. The summed E-state index contributed by atoms with van der Waals surface area (Å²) < 4.78 is 0.767. The van der Waals surface area contributed by atoms with E-state index in [0.29, 0.717) is 11.5 Å². The summed E-state index contributed by atoms with van der Waals surface area (Å²) in [6.45, 7) is 1.88. The van der Waals surface area contributed by atoms with E-state index < -0.39 is 5.54 Å². The van der Waals surface area contributed by atoms with Crippen LogP contribution in [0.1, 0.15) is 12.5 Å². The Kier molecular flexibility index (Phi) is 4.07. The minimum atomic E-state index is -0.604. The monoisotopic (exact) mass is 321 g/mol. The van der Waals surface area contributed by atoms with Crippen molar-refractivity contribution in [3.63, 3.8) is 0 Å². The number of anilines is 2. The average Bonchev–Trinajstić information content (AvgIpc) is 2.43. The highest BCUT2D eigenvalue weighted by molar-refractivity contribution is 9.10. The Balaban J connectivity index is 2.33. The second kappa shape index (κ2) is 5.59. The van der Waals surface area contributed by atoms with Crippen LogP contribution in [-0.4, -0.2) is 16.7 Å². The van der Waals surface area contributed by atoms with Crippen LogP contribution >= 0.6 is 15.9 Å². The summed E-state index contributed by atoms with van der Waals surface area (Å²) in [7, 11) is 0. The Hall–Kier alpha value is -1.59. The maximum absolute atomic E-state index is 9.72. The Morgan fingerprint density at radius 3 is 2.63 bits per heavy atom. The van der Waals surface area contributed by atoms with Gasteiger partial charge in [-0.1, -0.05) is 30.3 Å². The molecule has 19 heavy (non-hydrogen) atoms. The molecule has 0 aliphatic carbocycles. The summed E-state index contributed by atoms with van der Waals surface area (Å²) in [6, 6.07) is 11.5. The number of halogens is 1. The van der Waals surface area contributed by atoms with Gasteiger partial charge < -0.3 is 16.2 Å². The van der Waals surface area contributed by atoms with Gasteiger partial charge in [0.05, 0.1) is 28.5 Å². The van der Waals surface area contributed by atoms with E-state index in [0.717, 1.165) is 10.0 Å². The van der Waals surface area contributed by atoms with E-state index in [1.165, 1.54) is 0 Å². The molecule has 0 amide bonds. The first kappa shape index (κ1) is 13.8. The molecule has 2 aromatic rings. The van der Waals surface area contributed by atoms with Crippen molar-refractivity contribution in [1.82, 2.24) is 4.98 Å². The van der Waals surface area contributed by atoms with Crippen LogP contribution in [0.5, 0.6) is 0 Å². The first-order valence-electron chi connectivity index (χ1n) is 5.91. The lowest BCUT2D eigenvalue weighted by Gasteiger charge is -2.30. The predicted molar refractivity (Wildman–Crippen MR) is 80.9 cm³/mol. The van der Waals surface area contributed by atoms with Crippen molar-refractivity contribution in [1.29, 1.82) is 0 Å². The van der Waals surface area contributed by atoms with Crippen molar-refractivity contribution in [2.75, 3.05) is 17.7 Å². The number of hydrogen-bond acceptors (Lipinski definition) is 4. The summed E-state index contributed by atoms with van der Waals surface area (Å²) in [5.41, 5.74) is 6.64. The van der Waals surface area contributed by atoms with Gasteiger partial charge in [0.25, 0.3) is 0 Å². The summed E-state index contributed by atoms with van der Waals surface area (Å²) in [4.78, 5) is 4.24. The van der Waals surface area contributed by atoms with Crippen molar-refractivity contribution in [3.05, 3.63) is 52.6 Å². The third kappa shape index (κ3) is 3.05. The number of nitrogens with zero attached hydrogens (tertiary/aromatic N) is 1. The molecule has 100 valence electrons. The highest BCUT2D eigenvalue weighted by atomic mass is 79.9. The quantitative estimate of drug-likeness (QED) is 0.809. The molecular weight excluding hydrogens is 306 g/mol. The second-order valence-corrected chi connectivity index (χ2v) is 5.43. The SMILES string of the molecule is CC(CO)(Nc1ncc(N)cc1Br)c1ccccc1. The lowest BCUT2D eigenvalue weighted by Crippen LogP contribution is -2.36. The van der Waals surface area contributed by atoms with Gasteiger partial charge in [-0.25, -0.2) is 4.98 Å². The fourth-order valence-electron chi connectivity index (χ4n) is 1.82. The van der Waals surface area contributed by atoms with Gasteiger partial charge in [0.1, 0.15) is 5.82 Å². The molecule has 1 unspecified atom stereocenters. The van der Waals surface area contributed by atoms with Crippen LogP contribution in [0.2, 0.25) is 0 Å². The molecule has 0 spiro atoms. The van der Waals surface area contributed by atoms with E-state index in [4.69, 9.17) is 5.73 Å². The summed E-state index contributed by atoms with van der Waals surface area (Å²) in [5, 5.41) is 13.0. The van der Waals surface area contributed by atoms with Crippen LogP contribution in [0.4, 0.5) is 11.5 Å². The molecule has 4 N–H and O–H groups in total. The highest BCUT2D eigenvalue weighted by Crippen LogP contribution is 2.29. The van der Waals surface area contributed by atoms with E-state index >= 15 is 0 Å². The molecule has 1 heterocycles. The standard InChI is InChI=1S/C14H16BrN3O/c1-14(9-19,10-5-3-2-4-6-10)18-13-12(15)7-11(16)8-17-13/h2-8,19H,9,16H2,1H3,(H,17,18). The van der Waals surface area contributed by atoms with Crippen molar-refractivity contribution in [2.45, 2.75) is 12.5 Å². The highest BCUT2D eigenvalue weighted by Gasteiger charge is 2.26. The fourth-order valence-corrected chi connectivity index (χ4v) is 2.28. The van der Waals surface area contributed by atoms with Crippen LogP contribution < -0.4 is 11.1 Å². The average molecular weight is 322 g/mol. The Labute approximate surface area is 120 Å². The second-order valence-electron chi connectivity index (χ2n) is 4.58. The molecule has 0 saturated carbocycles. The zero-order valence-electron chi connectivity index (χ0n) is 10.6. The maximum Gasteiger partial charge on any atom is 0.141 e. The lowest BCUT2D eigenvalue weighted by molar-refractivity contribution is 0.223. The van der Waals surface area contributed by atoms with E-state index in [1.807, 2.05) is 37.3 Å². The number of hydrogen-bond donors (Lipinski definition) is 3. The van der Waals surface area contributed by atoms with E-state index in [1.54, 1.807) is 12.3 Å². The van der Waals surface area contributed by atoms with E-state index in [2.05, 4.69) is 26.2 Å². The zero-order valence-corrected chi connectivity index (χ0v) is 12.2. The van der Waals surface area contributed by atoms with Gasteiger partial charge in [0, 0.05) is 0 Å². The van der Waals surface area contributed by atoms with Gasteiger partial charge in [0.2, 0.25) is 0 Å². The van der Waals surface area contributed by atoms with Crippen LogP contribution in [0.25, 0.3) is 0 Å². The molecule has 0 aliphatic heterocycles. The molecule has 0 saturated heterocycles. The number of nitrogen functional groups attached to an aromatic ring is 1. The smallest absolute Gasteiger partial charge is 0.141 e. The molecule has 1 aromatic carbocycles. The number of aliphatic hydroxyl groups is 1. The number of aromatic nitrogens is 1. The topological polar surface area (TPSA) is 71.2 Å². The Morgan fingerprint density at radius 2 is 2.05 bits per heavy atom. The molecule has 4 nitrogen and oxygen atoms in total. The Morgan fingerprint density at radius 1 is 1.37 bits per heavy atom. The van der Waals surface area contributed by atoms with E-state index in [-0.39, 0.29) is 6.61 Å². The molecule has 0 aliphatic rings. The third-order valence-electron chi connectivity index (χ3n) is 2.98. The number of rotatable bonds is 4. The number of pyridine rings is 1.